The lowest BCUT2D eigenvalue weighted by atomic mass is 10.1. The molecule has 0 fully saturated rings. The Morgan fingerprint density at radius 2 is 1.25 bits per heavy atom. The van der Waals surface area contributed by atoms with Crippen molar-refractivity contribution in [2.45, 2.75) is 46.1 Å². The highest BCUT2D eigenvalue weighted by Gasteiger charge is 2.14. The maximum absolute atomic E-state index is 10.2. The third-order valence-corrected chi connectivity index (χ3v) is 1.86. The third kappa shape index (κ3) is 25.2. The first kappa shape index (κ1) is 23.4. The molecule has 8 nitrogen and oxygen atoms in total. The largest absolute Gasteiger partial charge is 0.481 e. The van der Waals surface area contributed by atoms with Gasteiger partial charge in [0.15, 0.2) is 0 Å². The molecule has 0 rings (SSSR count). The Morgan fingerprint density at radius 3 is 1.40 bits per heavy atom. The van der Waals surface area contributed by atoms with E-state index in [0.29, 0.717) is 0 Å². The van der Waals surface area contributed by atoms with Gasteiger partial charge in [-0.3, -0.25) is 14.4 Å². The summed E-state index contributed by atoms with van der Waals surface area (Å²) in [6.45, 7) is 4.31. The fraction of sp³-hybridized carbons (Fsp3) is 0.750. The third-order valence-electron chi connectivity index (χ3n) is 1.86. The molecule has 0 aliphatic heterocycles. The van der Waals surface area contributed by atoms with E-state index < -0.39 is 29.9 Å². The van der Waals surface area contributed by atoms with Crippen molar-refractivity contribution in [2.24, 2.45) is 5.92 Å². The van der Waals surface area contributed by atoms with Crippen molar-refractivity contribution in [1.82, 2.24) is 0 Å². The molecule has 0 radical (unpaired) electrons. The quantitative estimate of drug-likeness (QED) is 0.472. The van der Waals surface area contributed by atoms with Gasteiger partial charge in [-0.2, -0.15) is 0 Å². The lowest BCUT2D eigenvalue weighted by molar-refractivity contribution is -0.142. The Morgan fingerprint density at radius 1 is 0.950 bits per heavy atom. The van der Waals surface area contributed by atoms with Crippen molar-refractivity contribution in [3.05, 3.63) is 0 Å². The predicted octanol–water partition coefficient (Wildman–Crippen LogP) is 0.412. The van der Waals surface area contributed by atoms with Crippen molar-refractivity contribution in [3.8, 4) is 0 Å². The first-order valence-corrected chi connectivity index (χ1v) is 6.07. The van der Waals surface area contributed by atoms with Gasteiger partial charge in [-0.25, -0.2) is 0 Å². The summed E-state index contributed by atoms with van der Waals surface area (Å²) in [5.41, 5.74) is 0. The highest BCUT2D eigenvalue weighted by Crippen LogP contribution is 2.04. The number of carbonyl (C=O) groups is 3. The van der Waals surface area contributed by atoms with Gasteiger partial charge < -0.3 is 25.5 Å². The van der Waals surface area contributed by atoms with E-state index in [-0.39, 0.29) is 25.9 Å². The maximum Gasteiger partial charge on any atom is 0.306 e. The zero-order valence-electron chi connectivity index (χ0n) is 11.9. The average Bonchev–Trinajstić information content (AvgIpc) is 2.39. The van der Waals surface area contributed by atoms with Crippen molar-refractivity contribution >= 4 is 17.9 Å². The number of carboxylic acid groups (broad SMARTS) is 3. The number of carboxylic acids is 3. The number of aliphatic hydroxyl groups excluding tert-OH is 2. The molecule has 5 N–H and O–H groups in total. The molecule has 0 aromatic rings. The number of hydrogen-bond donors (Lipinski definition) is 5. The van der Waals surface area contributed by atoms with Crippen LogP contribution in [0.4, 0.5) is 0 Å². The van der Waals surface area contributed by atoms with Crippen LogP contribution in [-0.2, 0) is 14.4 Å². The molecular weight excluding hydrogens is 272 g/mol. The van der Waals surface area contributed by atoms with Gasteiger partial charge in [0.1, 0.15) is 0 Å². The van der Waals surface area contributed by atoms with Crippen LogP contribution in [0.1, 0.15) is 40.0 Å². The molecule has 0 saturated carbocycles. The van der Waals surface area contributed by atoms with Gasteiger partial charge in [0.25, 0.3) is 0 Å². The van der Waals surface area contributed by atoms with Gasteiger partial charge in [-0.05, 0) is 6.42 Å². The maximum atomic E-state index is 10.2. The van der Waals surface area contributed by atoms with E-state index in [2.05, 4.69) is 0 Å². The molecular formula is C12H24O8. The van der Waals surface area contributed by atoms with Crippen LogP contribution < -0.4 is 0 Å². The van der Waals surface area contributed by atoms with Crippen LogP contribution in [0, 0.1) is 5.92 Å². The highest BCUT2D eigenvalue weighted by molar-refractivity contribution is 5.69. The van der Waals surface area contributed by atoms with Gasteiger partial charge in [-0.1, -0.05) is 20.8 Å². The Labute approximate surface area is 117 Å². The first-order valence-electron chi connectivity index (χ1n) is 6.07. The van der Waals surface area contributed by atoms with E-state index in [1.165, 1.54) is 6.92 Å². The second-order valence-corrected chi connectivity index (χ2v) is 3.81. The molecule has 0 amide bonds. The summed E-state index contributed by atoms with van der Waals surface area (Å²) in [4.78, 5) is 28.9. The Balaban J connectivity index is -0.000000244. The Kier molecular flexibility index (Phi) is 18.0. The fourth-order valence-electron chi connectivity index (χ4n) is 0.583. The summed E-state index contributed by atoms with van der Waals surface area (Å²) in [6.07, 6.45) is -0.364. The van der Waals surface area contributed by atoms with Crippen LogP contribution in [-0.4, -0.2) is 56.2 Å². The molecule has 20 heavy (non-hydrogen) atoms. The molecule has 120 valence electrons. The van der Waals surface area contributed by atoms with Crippen molar-refractivity contribution in [2.75, 3.05) is 6.61 Å². The molecule has 2 atom stereocenters. The van der Waals surface area contributed by atoms with Gasteiger partial charge in [0.05, 0.1) is 18.6 Å². The van der Waals surface area contributed by atoms with Crippen LogP contribution in [0.5, 0.6) is 0 Å². The van der Waals surface area contributed by atoms with Gasteiger partial charge in [0.2, 0.25) is 0 Å². The van der Waals surface area contributed by atoms with Crippen LogP contribution in [0.2, 0.25) is 0 Å². The fourth-order valence-corrected chi connectivity index (χ4v) is 0.583. The van der Waals surface area contributed by atoms with E-state index in [9.17, 15) is 14.4 Å². The van der Waals surface area contributed by atoms with Gasteiger partial charge in [0, 0.05) is 12.8 Å². The van der Waals surface area contributed by atoms with E-state index in [1.807, 2.05) is 0 Å². The summed E-state index contributed by atoms with van der Waals surface area (Å²) < 4.78 is 0. The van der Waals surface area contributed by atoms with Crippen LogP contribution in [0.15, 0.2) is 0 Å². The molecule has 8 heteroatoms. The second kappa shape index (κ2) is 15.4. The van der Waals surface area contributed by atoms with Gasteiger partial charge >= 0.3 is 17.9 Å². The number of rotatable bonds is 6. The smallest absolute Gasteiger partial charge is 0.306 e. The average molecular weight is 296 g/mol. The molecule has 0 aliphatic rings. The highest BCUT2D eigenvalue weighted by atomic mass is 16.4. The topological polar surface area (TPSA) is 152 Å². The summed E-state index contributed by atoms with van der Waals surface area (Å²) in [5, 5.41) is 40.9. The molecule has 0 spiro atoms. The zero-order chi connectivity index (χ0) is 16.7. The zero-order valence-corrected chi connectivity index (χ0v) is 11.9. The van der Waals surface area contributed by atoms with Crippen molar-refractivity contribution in [1.29, 1.82) is 0 Å². The Bertz CT molecular complexity index is 263. The minimum Gasteiger partial charge on any atom is -0.481 e. The molecule has 0 aromatic carbocycles. The van der Waals surface area contributed by atoms with Crippen LogP contribution in [0.3, 0.4) is 0 Å². The normalized spacial score (nSPS) is 11.8. The molecule has 0 aromatic heterocycles. The molecule has 0 bridgehead atoms. The second-order valence-electron chi connectivity index (χ2n) is 3.81. The van der Waals surface area contributed by atoms with Crippen LogP contribution in [0.25, 0.3) is 0 Å². The monoisotopic (exact) mass is 296 g/mol. The van der Waals surface area contributed by atoms with Crippen LogP contribution >= 0.6 is 0 Å². The predicted molar refractivity (Wildman–Crippen MR) is 70.4 cm³/mol. The standard InChI is InChI=1S/C6H12O4.2C3H6O2/c1-4(6(9)10)2-5(8)3-7;2*1-2-3(4)5/h4-5,7-8H,2-3H2,1H3,(H,9,10);2*2H2,1H3,(H,4,5). The summed E-state index contributed by atoms with van der Waals surface area (Å²) in [6, 6.07) is 0. The van der Waals surface area contributed by atoms with Crippen molar-refractivity contribution < 1.29 is 39.9 Å². The summed E-state index contributed by atoms with van der Waals surface area (Å²) in [7, 11) is 0. The molecule has 0 saturated heterocycles. The molecule has 0 heterocycles. The lowest BCUT2D eigenvalue weighted by Crippen LogP contribution is -2.20. The summed E-state index contributed by atoms with van der Waals surface area (Å²) in [5.74, 6) is -3.04. The van der Waals surface area contributed by atoms with Crippen molar-refractivity contribution in [3.63, 3.8) is 0 Å². The first-order chi connectivity index (χ1) is 9.11. The number of hydrogen-bond acceptors (Lipinski definition) is 5. The number of aliphatic carboxylic acids is 3. The molecule has 2 unspecified atom stereocenters. The Hall–Kier alpha value is -1.67. The lowest BCUT2D eigenvalue weighted by Gasteiger charge is -2.09. The van der Waals surface area contributed by atoms with E-state index >= 15 is 0 Å². The minimum atomic E-state index is -0.951. The summed E-state index contributed by atoms with van der Waals surface area (Å²) >= 11 is 0. The molecule has 0 aliphatic carbocycles. The van der Waals surface area contributed by atoms with E-state index in [0.717, 1.165) is 0 Å². The number of aliphatic hydroxyl groups is 2. The SMILES string of the molecule is CC(CC(O)CO)C(=O)O.CCC(=O)O.CCC(=O)O. The van der Waals surface area contributed by atoms with Gasteiger partial charge in [-0.15, -0.1) is 0 Å². The minimum absolute atomic E-state index is 0.103. The van der Waals surface area contributed by atoms with E-state index in [1.54, 1.807) is 13.8 Å². The van der Waals surface area contributed by atoms with E-state index in [4.69, 9.17) is 25.5 Å².